The zero-order chi connectivity index (χ0) is 16.7. The third kappa shape index (κ3) is 4.56. The van der Waals surface area contributed by atoms with Crippen molar-refractivity contribution in [2.45, 2.75) is 20.4 Å². The number of nitrogens with zero attached hydrogens (tertiary/aromatic N) is 1. The summed E-state index contributed by atoms with van der Waals surface area (Å²) in [5.41, 5.74) is 1.02. The molecule has 0 atom stereocenters. The molecule has 6 heteroatoms. The molecule has 1 heterocycles. The summed E-state index contributed by atoms with van der Waals surface area (Å²) < 4.78 is 0. The van der Waals surface area contributed by atoms with Crippen LogP contribution >= 0.6 is 11.3 Å². The van der Waals surface area contributed by atoms with Gasteiger partial charge in [-0.1, -0.05) is 18.2 Å². The minimum absolute atomic E-state index is 0.0795. The summed E-state index contributed by atoms with van der Waals surface area (Å²) in [6.45, 7) is 5.61. The highest BCUT2D eigenvalue weighted by atomic mass is 32.1. The predicted octanol–water partition coefficient (Wildman–Crippen LogP) is 3.55. The highest BCUT2D eigenvalue weighted by Crippen LogP contribution is 2.17. The lowest BCUT2D eigenvalue weighted by atomic mass is 10.1. The number of hydrogen-bond donors (Lipinski definition) is 2. The van der Waals surface area contributed by atoms with E-state index in [0.717, 1.165) is 4.88 Å². The van der Waals surface area contributed by atoms with Gasteiger partial charge in [0.1, 0.15) is 0 Å². The maximum absolute atomic E-state index is 12.5. The minimum atomic E-state index is -0.321. The van der Waals surface area contributed by atoms with Crippen molar-refractivity contribution in [2.75, 3.05) is 18.4 Å². The van der Waals surface area contributed by atoms with Gasteiger partial charge in [0, 0.05) is 18.0 Å². The number of para-hydroxylation sites is 1. The van der Waals surface area contributed by atoms with Crippen molar-refractivity contribution >= 4 is 29.0 Å². The van der Waals surface area contributed by atoms with Crippen molar-refractivity contribution in [3.05, 3.63) is 52.2 Å². The summed E-state index contributed by atoms with van der Waals surface area (Å²) in [4.78, 5) is 27.4. The van der Waals surface area contributed by atoms with Crippen LogP contribution in [0.3, 0.4) is 0 Å². The van der Waals surface area contributed by atoms with Crippen LogP contribution in [0.2, 0.25) is 0 Å². The number of amides is 3. The van der Waals surface area contributed by atoms with Gasteiger partial charge in [-0.15, -0.1) is 11.3 Å². The second-order valence-corrected chi connectivity index (χ2v) is 5.94. The smallest absolute Gasteiger partial charge is 0.319 e. The lowest BCUT2D eigenvalue weighted by Gasteiger charge is -2.20. The van der Waals surface area contributed by atoms with Gasteiger partial charge in [-0.3, -0.25) is 4.79 Å². The van der Waals surface area contributed by atoms with Gasteiger partial charge in [0.05, 0.1) is 17.8 Å². The van der Waals surface area contributed by atoms with Crippen LogP contribution in [0.4, 0.5) is 10.5 Å². The largest absolute Gasteiger partial charge is 0.339 e. The average molecular weight is 331 g/mol. The topological polar surface area (TPSA) is 61.4 Å². The van der Waals surface area contributed by atoms with E-state index in [1.807, 2.05) is 31.4 Å². The molecule has 122 valence electrons. The van der Waals surface area contributed by atoms with Crippen molar-refractivity contribution in [1.29, 1.82) is 0 Å². The van der Waals surface area contributed by atoms with Crippen LogP contribution in [0.5, 0.6) is 0 Å². The Morgan fingerprint density at radius 2 is 1.83 bits per heavy atom. The molecule has 2 N–H and O–H groups in total. The first-order chi connectivity index (χ1) is 11.2. The summed E-state index contributed by atoms with van der Waals surface area (Å²) in [7, 11) is 0. The van der Waals surface area contributed by atoms with Crippen molar-refractivity contribution in [2.24, 2.45) is 0 Å². The molecule has 0 spiro atoms. The van der Waals surface area contributed by atoms with Gasteiger partial charge in [-0.05, 0) is 37.4 Å². The standard InChI is InChI=1S/C17H21N3O2S/c1-3-20(4-2)16(21)14-9-5-6-10-15(14)19-17(22)18-12-13-8-7-11-23-13/h5-11H,3-4,12H2,1-2H3,(H2,18,19,22). The third-order valence-electron chi connectivity index (χ3n) is 3.46. The highest BCUT2D eigenvalue weighted by molar-refractivity contribution is 7.09. The number of nitrogens with one attached hydrogen (secondary N) is 2. The molecule has 0 saturated carbocycles. The maximum atomic E-state index is 12.5. The quantitative estimate of drug-likeness (QED) is 0.850. The molecule has 5 nitrogen and oxygen atoms in total. The van der Waals surface area contributed by atoms with Gasteiger partial charge in [0.2, 0.25) is 0 Å². The van der Waals surface area contributed by atoms with Gasteiger partial charge in [-0.25, -0.2) is 4.79 Å². The van der Waals surface area contributed by atoms with E-state index in [1.165, 1.54) is 0 Å². The van der Waals surface area contributed by atoms with Crippen molar-refractivity contribution in [3.63, 3.8) is 0 Å². The summed E-state index contributed by atoms with van der Waals surface area (Å²) in [6.07, 6.45) is 0. The molecular formula is C17H21N3O2S. The van der Waals surface area contributed by atoms with Crippen LogP contribution in [0.15, 0.2) is 41.8 Å². The number of carbonyl (C=O) groups is 2. The molecule has 0 radical (unpaired) electrons. The van der Waals surface area contributed by atoms with Crippen LogP contribution in [-0.2, 0) is 6.54 Å². The number of carbonyl (C=O) groups excluding carboxylic acids is 2. The molecule has 0 fully saturated rings. The molecule has 1 aromatic carbocycles. The molecule has 23 heavy (non-hydrogen) atoms. The molecule has 0 aliphatic rings. The Morgan fingerprint density at radius 1 is 1.09 bits per heavy atom. The second-order valence-electron chi connectivity index (χ2n) is 4.91. The highest BCUT2D eigenvalue weighted by Gasteiger charge is 2.17. The van der Waals surface area contributed by atoms with Crippen LogP contribution in [0.1, 0.15) is 29.1 Å². The Labute approximate surface area is 140 Å². The number of hydrogen-bond acceptors (Lipinski definition) is 3. The van der Waals surface area contributed by atoms with Gasteiger partial charge in [0.25, 0.3) is 5.91 Å². The van der Waals surface area contributed by atoms with Crippen LogP contribution < -0.4 is 10.6 Å². The molecule has 0 unspecified atom stereocenters. The predicted molar refractivity (Wildman–Crippen MR) is 93.9 cm³/mol. The maximum Gasteiger partial charge on any atom is 0.319 e. The summed E-state index contributed by atoms with van der Waals surface area (Å²) in [5.74, 6) is -0.0795. The van der Waals surface area contributed by atoms with Gasteiger partial charge < -0.3 is 15.5 Å². The molecule has 0 saturated heterocycles. The number of rotatable bonds is 6. The molecule has 2 aromatic rings. The van der Waals surface area contributed by atoms with Crippen molar-refractivity contribution in [1.82, 2.24) is 10.2 Å². The molecule has 1 aromatic heterocycles. The van der Waals surface area contributed by atoms with Crippen LogP contribution in [-0.4, -0.2) is 29.9 Å². The van der Waals surface area contributed by atoms with Crippen molar-refractivity contribution < 1.29 is 9.59 Å². The summed E-state index contributed by atoms with van der Waals surface area (Å²) >= 11 is 1.59. The number of urea groups is 1. The Balaban J connectivity index is 2.04. The number of anilines is 1. The average Bonchev–Trinajstić information content (AvgIpc) is 3.08. The number of benzene rings is 1. The zero-order valence-corrected chi connectivity index (χ0v) is 14.2. The first kappa shape index (κ1) is 17.0. The Hall–Kier alpha value is -2.34. The Morgan fingerprint density at radius 3 is 2.48 bits per heavy atom. The lowest BCUT2D eigenvalue weighted by Crippen LogP contribution is -2.33. The normalized spacial score (nSPS) is 10.2. The van der Waals surface area contributed by atoms with E-state index in [0.29, 0.717) is 30.9 Å². The zero-order valence-electron chi connectivity index (χ0n) is 13.3. The van der Waals surface area contributed by atoms with E-state index in [2.05, 4.69) is 10.6 Å². The van der Waals surface area contributed by atoms with E-state index < -0.39 is 0 Å². The summed E-state index contributed by atoms with van der Waals surface area (Å²) in [5, 5.41) is 7.52. The van der Waals surface area contributed by atoms with Gasteiger partial charge >= 0.3 is 6.03 Å². The van der Waals surface area contributed by atoms with Gasteiger partial charge in [0.15, 0.2) is 0 Å². The van der Waals surface area contributed by atoms with Crippen molar-refractivity contribution in [3.8, 4) is 0 Å². The van der Waals surface area contributed by atoms with Crippen LogP contribution in [0, 0.1) is 0 Å². The first-order valence-electron chi connectivity index (χ1n) is 7.61. The molecule has 0 aliphatic carbocycles. The minimum Gasteiger partial charge on any atom is -0.339 e. The van der Waals surface area contributed by atoms with Crippen LogP contribution in [0.25, 0.3) is 0 Å². The van der Waals surface area contributed by atoms with E-state index in [4.69, 9.17) is 0 Å². The molecule has 0 bridgehead atoms. The Bertz CT molecular complexity index is 652. The molecule has 0 aliphatic heterocycles. The van der Waals surface area contributed by atoms with E-state index in [9.17, 15) is 9.59 Å². The molecule has 2 rings (SSSR count). The summed E-state index contributed by atoms with van der Waals surface area (Å²) in [6, 6.07) is 10.6. The lowest BCUT2D eigenvalue weighted by molar-refractivity contribution is 0.0774. The fraction of sp³-hybridized carbons (Fsp3) is 0.294. The molecule has 3 amide bonds. The first-order valence-corrected chi connectivity index (χ1v) is 8.49. The fourth-order valence-electron chi connectivity index (χ4n) is 2.21. The Kier molecular flexibility index (Phi) is 6.17. The monoisotopic (exact) mass is 331 g/mol. The molecular weight excluding hydrogens is 310 g/mol. The fourth-order valence-corrected chi connectivity index (χ4v) is 2.85. The second kappa shape index (κ2) is 8.33. The van der Waals surface area contributed by atoms with E-state index in [-0.39, 0.29) is 11.9 Å². The van der Waals surface area contributed by atoms with E-state index in [1.54, 1.807) is 40.5 Å². The SMILES string of the molecule is CCN(CC)C(=O)c1ccccc1NC(=O)NCc1cccs1. The number of thiophene rings is 1. The third-order valence-corrected chi connectivity index (χ3v) is 4.34. The van der Waals surface area contributed by atoms with E-state index >= 15 is 0 Å². The van der Waals surface area contributed by atoms with Gasteiger partial charge in [-0.2, -0.15) is 0 Å².